The number of anilines is 2. The average molecular weight is 325 g/mol. The van der Waals surface area contributed by atoms with Crippen molar-refractivity contribution in [1.29, 1.82) is 0 Å². The monoisotopic (exact) mass is 325 g/mol. The summed E-state index contributed by atoms with van der Waals surface area (Å²) in [5.41, 5.74) is 7.39. The first kappa shape index (κ1) is 14.4. The molecule has 1 aliphatic rings. The van der Waals surface area contributed by atoms with Gasteiger partial charge < -0.3 is 9.73 Å². The van der Waals surface area contributed by atoms with Gasteiger partial charge >= 0.3 is 0 Å². The fraction of sp³-hybridized carbons (Fsp3) is 0.130. The Hall–Kier alpha value is -3.00. The third-order valence-electron chi connectivity index (χ3n) is 5.28. The van der Waals surface area contributed by atoms with E-state index in [9.17, 15) is 0 Å². The van der Waals surface area contributed by atoms with Crippen LogP contribution >= 0.6 is 0 Å². The normalized spacial score (nSPS) is 14.3. The Balaban J connectivity index is 1.56. The van der Waals surface area contributed by atoms with Crippen LogP contribution in [0.2, 0.25) is 0 Å². The minimum Gasteiger partial charge on any atom is -0.440 e. The number of benzene rings is 3. The van der Waals surface area contributed by atoms with Gasteiger partial charge in [0.2, 0.25) is 0 Å². The van der Waals surface area contributed by atoms with Crippen molar-refractivity contribution in [2.24, 2.45) is 0 Å². The topological polar surface area (TPSA) is 25.2 Å². The van der Waals surface area contributed by atoms with Gasteiger partial charge in [0, 0.05) is 22.6 Å². The molecule has 0 atom stereocenters. The van der Waals surface area contributed by atoms with Gasteiger partial charge in [-0.05, 0) is 40.5 Å². The molecule has 0 fully saturated rings. The van der Waals surface area contributed by atoms with E-state index in [1.807, 2.05) is 24.3 Å². The van der Waals surface area contributed by atoms with Crippen LogP contribution in [0.15, 0.2) is 77.2 Å². The number of furan rings is 1. The van der Waals surface area contributed by atoms with Crippen LogP contribution in [0.3, 0.4) is 0 Å². The van der Waals surface area contributed by atoms with Gasteiger partial charge in [0.25, 0.3) is 0 Å². The predicted molar refractivity (Wildman–Crippen MR) is 104 cm³/mol. The standard InChI is InChI=1S/C23H19NO/c1-23(2)19-9-5-4-8-17(19)18-12-11-16(14-20(18)23)24-22-13-15-7-3-6-10-21(15)25-22/h3-14,24H,1-2H3. The molecule has 1 aliphatic carbocycles. The first-order valence-corrected chi connectivity index (χ1v) is 8.63. The second-order valence-corrected chi connectivity index (χ2v) is 7.20. The Bertz CT molecular complexity index is 1070. The molecule has 2 heteroatoms. The van der Waals surface area contributed by atoms with Gasteiger partial charge in [-0.3, -0.25) is 0 Å². The van der Waals surface area contributed by atoms with Gasteiger partial charge in [0.15, 0.2) is 5.88 Å². The van der Waals surface area contributed by atoms with E-state index < -0.39 is 0 Å². The average Bonchev–Trinajstić information content (AvgIpc) is 3.12. The molecule has 0 radical (unpaired) electrons. The molecular weight excluding hydrogens is 306 g/mol. The quantitative estimate of drug-likeness (QED) is 0.456. The van der Waals surface area contributed by atoms with Gasteiger partial charge in [-0.15, -0.1) is 0 Å². The molecular formula is C23H19NO. The van der Waals surface area contributed by atoms with E-state index in [4.69, 9.17) is 4.42 Å². The number of rotatable bonds is 2. The molecule has 0 saturated carbocycles. The molecule has 1 N–H and O–H groups in total. The van der Waals surface area contributed by atoms with Crippen LogP contribution in [0.4, 0.5) is 11.6 Å². The number of fused-ring (bicyclic) bond motifs is 4. The highest BCUT2D eigenvalue weighted by atomic mass is 16.3. The van der Waals surface area contributed by atoms with Crippen molar-refractivity contribution >= 4 is 22.5 Å². The molecule has 3 aromatic carbocycles. The number of nitrogens with one attached hydrogen (secondary N) is 1. The highest BCUT2D eigenvalue weighted by Gasteiger charge is 2.35. The summed E-state index contributed by atoms with van der Waals surface area (Å²) in [6.45, 7) is 4.59. The van der Waals surface area contributed by atoms with E-state index in [0.29, 0.717) is 0 Å². The molecule has 2 nitrogen and oxygen atoms in total. The van der Waals surface area contributed by atoms with Crippen molar-refractivity contribution in [1.82, 2.24) is 0 Å². The fourth-order valence-electron chi connectivity index (χ4n) is 3.97. The van der Waals surface area contributed by atoms with Gasteiger partial charge in [-0.25, -0.2) is 0 Å². The van der Waals surface area contributed by atoms with Gasteiger partial charge in [-0.2, -0.15) is 0 Å². The number of hydrogen-bond acceptors (Lipinski definition) is 2. The SMILES string of the molecule is CC1(C)c2ccccc2-c2ccc(Nc3cc4ccccc4o3)cc21. The van der Waals surface area contributed by atoms with E-state index in [1.54, 1.807) is 0 Å². The lowest BCUT2D eigenvalue weighted by atomic mass is 9.82. The number of hydrogen-bond donors (Lipinski definition) is 1. The molecule has 0 saturated heterocycles. The Morgan fingerprint density at radius 2 is 1.52 bits per heavy atom. The van der Waals surface area contributed by atoms with Gasteiger partial charge in [-0.1, -0.05) is 62.4 Å². The van der Waals surface area contributed by atoms with Crippen molar-refractivity contribution in [3.63, 3.8) is 0 Å². The third kappa shape index (κ3) is 2.11. The molecule has 0 amide bonds. The van der Waals surface area contributed by atoms with E-state index in [0.717, 1.165) is 22.5 Å². The Morgan fingerprint density at radius 1 is 0.760 bits per heavy atom. The van der Waals surface area contributed by atoms with Crippen molar-refractivity contribution in [2.45, 2.75) is 19.3 Å². The van der Waals surface area contributed by atoms with Crippen LogP contribution in [0.1, 0.15) is 25.0 Å². The third-order valence-corrected chi connectivity index (χ3v) is 5.28. The largest absolute Gasteiger partial charge is 0.440 e. The predicted octanol–water partition coefficient (Wildman–Crippen LogP) is 6.48. The van der Waals surface area contributed by atoms with Crippen LogP contribution in [-0.2, 0) is 5.41 Å². The maximum absolute atomic E-state index is 5.89. The summed E-state index contributed by atoms with van der Waals surface area (Å²) in [4.78, 5) is 0. The Labute approximate surface area is 147 Å². The molecule has 0 bridgehead atoms. The zero-order chi connectivity index (χ0) is 17.0. The summed E-state index contributed by atoms with van der Waals surface area (Å²) in [6.07, 6.45) is 0. The maximum Gasteiger partial charge on any atom is 0.198 e. The summed E-state index contributed by atoms with van der Waals surface area (Å²) in [5.74, 6) is 0.773. The summed E-state index contributed by atoms with van der Waals surface area (Å²) < 4.78 is 5.89. The van der Waals surface area contributed by atoms with Crippen molar-refractivity contribution in [2.75, 3.05) is 5.32 Å². The zero-order valence-corrected chi connectivity index (χ0v) is 14.3. The highest BCUT2D eigenvalue weighted by Crippen LogP contribution is 2.49. The van der Waals surface area contributed by atoms with Crippen molar-refractivity contribution in [3.05, 3.63) is 83.9 Å². The minimum absolute atomic E-state index is 0.0114. The van der Waals surface area contributed by atoms with Crippen LogP contribution in [0.5, 0.6) is 0 Å². The lowest BCUT2D eigenvalue weighted by molar-refractivity contribution is 0.634. The zero-order valence-electron chi connectivity index (χ0n) is 14.3. The fourth-order valence-corrected chi connectivity index (χ4v) is 3.97. The van der Waals surface area contributed by atoms with Crippen LogP contribution in [0, 0.1) is 0 Å². The van der Waals surface area contributed by atoms with E-state index >= 15 is 0 Å². The van der Waals surface area contributed by atoms with Gasteiger partial charge in [0.1, 0.15) is 5.58 Å². The molecule has 122 valence electrons. The molecule has 4 aromatic rings. The highest BCUT2D eigenvalue weighted by molar-refractivity contribution is 5.84. The summed E-state index contributed by atoms with van der Waals surface area (Å²) >= 11 is 0. The molecule has 25 heavy (non-hydrogen) atoms. The Morgan fingerprint density at radius 3 is 2.40 bits per heavy atom. The van der Waals surface area contributed by atoms with Crippen LogP contribution in [-0.4, -0.2) is 0 Å². The molecule has 0 spiro atoms. The van der Waals surface area contributed by atoms with Crippen LogP contribution < -0.4 is 5.32 Å². The summed E-state index contributed by atoms with van der Waals surface area (Å²) in [6, 6.07) is 25.4. The van der Waals surface area contributed by atoms with Gasteiger partial charge in [0.05, 0.1) is 0 Å². The Kier molecular flexibility index (Phi) is 2.87. The molecule has 1 aromatic heterocycles. The summed E-state index contributed by atoms with van der Waals surface area (Å²) in [5, 5.41) is 4.53. The summed E-state index contributed by atoms with van der Waals surface area (Å²) in [7, 11) is 0. The van der Waals surface area contributed by atoms with E-state index in [2.05, 4.69) is 67.7 Å². The first-order valence-electron chi connectivity index (χ1n) is 8.63. The minimum atomic E-state index is 0.0114. The molecule has 1 heterocycles. The smallest absolute Gasteiger partial charge is 0.198 e. The first-order chi connectivity index (χ1) is 12.1. The molecule has 0 aliphatic heterocycles. The van der Waals surface area contributed by atoms with E-state index in [1.165, 1.54) is 22.3 Å². The maximum atomic E-state index is 5.89. The molecule has 5 rings (SSSR count). The number of para-hydroxylation sites is 1. The molecule has 0 unspecified atom stereocenters. The van der Waals surface area contributed by atoms with Crippen molar-refractivity contribution in [3.8, 4) is 11.1 Å². The van der Waals surface area contributed by atoms with E-state index in [-0.39, 0.29) is 5.41 Å². The lowest BCUT2D eigenvalue weighted by Gasteiger charge is -2.21. The van der Waals surface area contributed by atoms with Crippen LogP contribution in [0.25, 0.3) is 22.1 Å². The second kappa shape index (κ2) is 5.00. The lowest BCUT2D eigenvalue weighted by Crippen LogP contribution is -2.15. The second-order valence-electron chi connectivity index (χ2n) is 7.20. The van der Waals surface area contributed by atoms with Crippen molar-refractivity contribution < 1.29 is 4.42 Å².